The van der Waals surface area contributed by atoms with Crippen LogP contribution >= 0.6 is 0 Å². The largest absolute Gasteiger partial charge is 0.448 e. The van der Waals surface area contributed by atoms with Crippen molar-refractivity contribution in [1.29, 1.82) is 0 Å². The van der Waals surface area contributed by atoms with Gasteiger partial charge >= 0.3 is 0 Å². The molecule has 0 spiro atoms. The second kappa shape index (κ2) is 7.89. The van der Waals surface area contributed by atoms with Crippen molar-refractivity contribution in [3.05, 3.63) is 17.8 Å². The van der Waals surface area contributed by atoms with Crippen LogP contribution in [0, 0.1) is 18.3 Å². The Kier molecular flexibility index (Phi) is 5.53. The SMILES string of the molecule is COCC12CCC(N3CCOCC3)CC1CCN(C(=O)c1ncoc1C)C2. The Morgan fingerprint density at radius 3 is 2.85 bits per heavy atom. The first-order chi connectivity index (χ1) is 13.1. The van der Waals surface area contributed by atoms with Crippen LogP contribution in [0.5, 0.6) is 0 Å². The molecule has 3 unspecified atom stereocenters. The maximum atomic E-state index is 13.0. The molecule has 1 amide bonds. The first-order valence-corrected chi connectivity index (χ1v) is 10.1. The third kappa shape index (κ3) is 3.65. The Balaban J connectivity index is 1.47. The van der Waals surface area contributed by atoms with E-state index in [1.807, 2.05) is 4.90 Å². The summed E-state index contributed by atoms with van der Waals surface area (Å²) in [5.74, 6) is 1.19. The smallest absolute Gasteiger partial charge is 0.276 e. The van der Waals surface area contributed by atoms with Gasteiger partial charge in [-0.3, -0.25) is 9.69 Å². The summed E-state index contributed by atoms with van der Waals surface area (Å²) < 4.78 is 16.4. The summed E-state index contributed by atoms with van der Waals surface area (Å²) in [5, 5.41) is 0. The van der Waals surface area contributed by atoms with E-state index >= 15 is 0 Å². The molecular weight excluding hydrogens is 346 g/mol. The van der Waals surface area contributed by atoms with Gasteiger partial charge < -0.3 is 18.8 Å². The van der Waals surface area contributed by atoms with Crippen molar-refractivity contribution in [3.8, 4) is 0 Å². The number of aryl methyl sites for hydroxylation is 1. The van der Waals surface area contributed by atoms with E-state index in [0.29, 0.717) is 23.4 Å². The number of oxazole rings is 1. The Bertz CT molecular complexity index is 657. The van der Waals surface area contributed by atoms with Gasteiger partial charge in [0, 0.05) is 44.7 Å². The zero-order chi connectivity index (χ0) is 18.9. The predicted octanol–water partition coefficient (Wildman–Crippen LogP) is 1.96. The Morgan fingerprint density at radius 1 is 1.33 bits per heavy atom. The normalized spacial score (nSPS) is 32.3. The van der Waals surface area contributed by atoms with E-state index in [2.05, 4.69) is 9.88 Å². The highest BCUT2D eigenvalue weighted by Crippen LogP contribution is 2.48. The van der Waals surface area contributed by atoms with Crippen molar-refractivity contribution in [1.82, 2.24) is 14.8 Å². The van der Waals surface area contributed by atoms with Crippen LogP contribution < -0.4 is 0 Å². The van der Waals surface area contributed by atoms with Crippen molar-refractivity contribution < 1.29 is 18.7 Å². The number of amides is 1. The van der Waals surface area contributed by atoms with Gasteiger partial charge in [0.25, 0.3) is 5.91 Å². The number of fused-ring (bicyclic) bond motifs is 1. The number of aromatic nitrogens is 1. The lowest BCUT2D eigenvalue weighted by molar-refractivity contribution is -0.0792. The van der Waals surface area contributed by atoms with Crippen molar-refractivity contribution in [2.24, 2.45) is 11.3 Å². The van der Waals surface area contributed by atoms with Crippen molar-refractivity contribution >= 4 is 5.91 Å². The number of carbonyl (C=O) groups excluding carboxylic acids is 1. The van der Waals surface area contributed by atoms with Crippen LogP contribution in [0.25, 0.3) is 0 Å². The van der Waals surface area contributed by atoms with Gasteiger partial charge in [-0.2, -0.15) is 0 Å². The van der Waals surface area contributed by atoms with E-state index < -0.39 is 0 Å². The van der Waals surface area contributed by atoms with E-state index in [1.54, 1.807) is 14.0 Å². The first-order valence-electron chi connectivity index (χ1n) is 10.1. The minimum Gasteiger partial charge on any atom is -0.448 e. The maximum absolute atomic E-state index is 13.0. The summed E-state index contributed by atoms with van der Waals surface area (Å²) in [4.78, 5) is 21.7. The standard InChI is InChI=1S/C20H31N3O4/c1-15-18(21-14-27-15)19(24)23-6-4-16-11-17(22-7-9-26-10-8-22)3-5-20(16,12-23)13-25-2/h14,16-17H,3-13H2,1-2H3. The summed E-state index contributed by atoms with van der Waals surface area (Å²) in [6.45, 7) is 7.85. The molecule has 3 fully saturated rings. The topological polar surface area (TPSA) is 68.0 Å². The number of rotatable bonds is 4. The number of carbonyl (C=O) groups is 1. The number of nitrogens with zero attached hydrogens (tertiary/aromatic N) is 3. The first kappa shape index (κ1) is 18.9. The van der Waals surface area contributed by atoms with Gasteiger partial charge in [0.2, 0.25) is 0 Å². The molecule has 0 N–H and O–H groups in total. The van der Waals surface area contributed by atoms with Crippen LogP contribution in [0.3, 0.4) is 0 Å². The third-order valence-electron chi connectivity index (χ3n) is 6.88. The van der Waals surface area contributed by atoms with Gasteiger partial charge in [0.15, 0.2) is 12.1 Å². The number of hydrogen-bond acceptors (Lipinski definition) is 6. The summed E-state index contributed by atoms with van der Waals surface area (Å²) in [6, 6.07) is 0.643. The highest BCUT2D eigenvalue weighted by atomic mass is 16.5. The average Bonchev–Trinajstić information content (AvgIpc) is 3.13. The molecule has 0 bridgehead atoms. The Labute approximate surface area is 161 Å². The minimum atomic E-state index is -0.00881. The molecule has 27 heavy (non-hydrogen) atoms. The average molecular weight is 377 g/mol. The van der Waals surface area contributed by atoms with Gasteiger partial charge in [0.05, 0.1) is 19.8 Å². The molecule has 1 aliphatic carbocycles. The predicted molar refractivity (Wildman–Crippen MR) is 99.6 cm³/mol. The van der Waals surface area contributed by atoms with Crippen molar-refractivity contribution in [2.75, 3.05) is 53.1 Å². The zero-order valence-electron chi connectivity index (χ0n) is 16.5. The van der Waals surface area contributed by atoms with E-state index in [4.69, 9.17) is 13.9 Å². The number of morpholine rings is 1. The molecule has 2 aliphatic heterocycles. The molecule has 2 saturated heterocycles. The lowest BCUT2D eigenvalue weighted by atomic mass is 9.61. The molecule has 3 aliphatic rings. The summed E-state index contributed by atoms with van der Waals surface area (Å²) in [7, 11) is 1.78. The molecule has 3 atom stereocenters. The van der Waals surface area contributed by atoms with Crippen LogP contribution in [0.15, 0.2) is 10.8 Å². The van der Waals surface area contributed by atoms with Crippen LogP contribution in [0.1, 0.15) is 41.9 Å². The second-order valence-corrected chi connectivity index (χ2v) is 8.34. The number of methoxy groups -OCH3 is 1. The Morgan fingerprint density at radius 2 is 2.15 bits per heavy atom. The molecule has 7 nitrogen and oxygen atoms in total. The van der Waals surface area contributed by atoms with Crippen LogP contribution in [-0.2, 0) is 9.47 Å². The fourth-order valence-electron chi connectivity index (χ4n) is 5.39. The number of ether oxygens (including phenoxy) is 2. The minimum absolute atomic E-state index is 0.00881. The van der Waals surface area contributed by atoms with E-state index in [-0.39, 0.29) is 11.3 Å². The summed E-state index contributed by atoms with van der Waals surface area (Å²) in [6.07, 6.45) is 5.87. The molecular formula is C20H31N3O4. The highest BCUT2D eigenvalue weighted by Gasteiger charge is 2.49. The lowest BCUT2D eigenvalue weighted by Crippen LogP contribution is -2.58. The molecule has 0 aromatic carbocycles. The second-order valence-electron chi connectivity index (χ2n) is 8.34. The van der Waals surface area contributed by atoms with Gasteiger partial charge in [-0.25, -0.2) is 4.98 Å². The fraction of sp³-hybridized carbons (Fsp3) is 0.800. The van der Waals surface area contributed by atoms with E-state index in [1.165, 1.54) is 19.2 Å². The number of piperidine rings is 1. The van der Waals surface area contributed by atoms with Crippen LogP contribution in [0.2, 0.25) is 0 Å². The van der Waals surface area contributed by atoms with Crippen molar-refractivity contribution in [3.63, 3.8) is 0 Å². The monoisotopic (exact) mass is 377 g/mol. The van der Waals surface area contributed by atoms with Gasteiger partial charge in [-0.1, -0.05) is 0 Å². The lowest BCUT2D eigenvalue weighted by Gasteiger charge is -2.54. The third-order valence-corrected chi connectivity index (χ3v) is 6.88. The zero-order valence-corrected chi connectivity index (χ0v) is 16.5. The molecule has 7 heteroatoms. The molecule has 1 saturated carbocycles. The molecule has 1 aromatic heterocycles. The Hall–Kier alpha value is -1.44. The fourth-order valence-corrected chi connectivity index (χ4v) is 5.39. The molecule has 4 rings (SSSR count). The molecule has 1 aromatic rings. The molecule has 0 radical (unpaired) electrons. The van der Waals surface area contributed by atoms with Gasteiger partial charge in [-0.05, 0) is 38.5 Å². The van der Waals surface area contributed by atoms with Crippen LogP contribution in [-0.4, -0.2) is 79.8 Å². The van der Waals surface area contributed by atoms with Gasteiger partial charge in [0.1, 0.15) is 5.76 Å². The highest BCUT2D eigenvalue weighted by molar-refractivity contribution is 5.93. The quantitative estimate of drug-likeness (QED) is 0.799. The number of hydrogen-bond donors (Lipinski definition) is 0. The van der Waals surface area contributed by atoms with Crippen molar-refractivity contribution in [2.45, 2.75) is 38.6 Å². The summed E-state index contributed by atoms with van der Waals surface area (Å²) in [5.41, 5.74) is 0.506. The number of likely N-dealkylation sites (tertiary alicyclic amines) is 1. The molecule has 3 heterocycles. The molecule has 150 valence electrons. The van der Waals surface area contributed by atoms with E-state index in [9.17, 15) is 4.79 Å². The summed E-state index contributed by atoms with van der Waals surface area (Å²) >= 11 is 0. The van der Waals surface area contributed by atoms with Gasteiger partial charge in [-0.15, -0.1) is 0 Å². The van der Waals surface area contributed by atoms with Crippen LogP contribution in [0.4, 0.5) is 0 Å². The van der Waals surface area contributed by atoms with E-state index in [0.717, 1.165) is 58.8 Å². The maximum Gasteiger partial charge on any atom is 0.276 e.